The Labute approximate surface area is 91.9 Å². The molecule has 2 heterocycles. The van der Waals surface area contributed by atoms with E-state index in [1.807, 2.05) is 11.7 Å². The number of nitrogens with one attached hydrogen (secondary N) is 1. The molecule has 0 aliphatic carbocycles. The van der Waals surface area contributed by atoms with E-state index in [1.165, 1.54) is 24.1 Å². The molecule has 0 saturated carbocycles. The molecule has 0 aromatic carbocycles. The molecule has 2 rings (SSSR count). The van der Waals surface area contributed by atoms with Gasteiger partial charge in [0.25, 0.3) is 0 Å². The van der Waals surface area contributed by atoms with Gasteiger partial charge in [0.1, 0.15) is 0 Å². The number of hydrogen-bond acceptors (Lipinski definition) is 2. The van der Waals surface area contributed by atoms with E-state index < -0.39 is 0 Å². The van der Waals surface area contributed by atoms with Gasteiger partial charge >= 0.3 is 0 Å². The minimum atomic E-state index is 0.628. The average molecular weight is 207 g/mol. The molecule has 3 unspecified atom stereocenters. The van der Waals surface area contributed by atoms with Gasteiger partial charge in [0, 0.05) is 31.2 Å². The average Bonchev–Trinajstić information content (AvgIpc) is 2.69. The van der Waals surface area contributed by atoms with Crippen molar-refractivity contribution in [1.29, 1.82) is 0 Å². The summed E-state index contributed by atoms with van der Waals surface area (Å²) in [7, 11) is 2.00. The van der Waals surface area contributed by atoms with E-state index in [9.17, 15) is 0 Å². The first-order valence-electron chi connectivity index (χ1n) is 5.88. The van der Waals surface area contributed by atoms with Crippen LogP contribution in [-0.2, 0) is 7.05 Å². The van der Waals surface area contributed by atoms with Gasteiger partial charge in [0.05, 0.1) is 5.69 Å². The zero-order valence-electron chi connectivity index (χ0n) is 10.1. The van der Waals surface area contributed by atoms with Crippen LogP contribution in [0.25, 0.3) is 0 Å². The fourth-order valence-electron chi connectivity index (χ4n) is 2.82. The van der Waals surface area contributed by atoms with E-state index in [2.05, 4.69) is 37.4 Å². The number of aryl methyl sites for hydroxylation is 2. The highest BCUT2D eigenvalue weighted by Gasteiger charge is 2.32. The van der Waals surface area contributed by atoms with Crippen molar-refractivity contribution >= 4 is 0 Å². The first-order chi connectivity index (χ1) is 7.11. The molecule has 1 fully saturated rings. The van der Waals surface area contributed by atoms with Crippen molar-refractivity contribution in [3.05, 3.63) is 17.5 Å². The molecule has 3 atom stereocenters. The monoisotopic (exact) mass is 207 g/mol. The molecule has 3 heteroatoms. The third kappa shape index (κ3) is 1.93. The highest BCUT2D eigenvalue weighted by Crippen LogP contribution is 2.33. The molecule has 1 aromatic heterocycles. The predicted molar refractivity (Wildman–Crippen MR) is 62.0 cm³/mol. The molecular formula is C12H21N3. The summed E-state index contributed by atoms with van der Waals surface area (Å²) in [5, 5.41) is 8.09. The quantitative estimate of drug-likeness (QED) is 0.803. The SMILES string of the molecule is CCC1NC(C)CC1c1cn(C)nc1C. The standard InChI is InChI=1S/C12H21N3/c1-5-12-10(6-8(2)13-12)11-7-15(4)14-9(11)3/h7-8,10,12-13H,5-6H2,1-4H3. The summed E-state index contributed by atoms with van der Waals surface area (Å²) in [6.45, 7) is 6.65. The zero-order chi connectivity index (χ0) is 11.0. The lowest BCUT2D eigenvalue weighted by Gasteiger charge is -2.16. The van der Waals surface area contributed by atoms with Crippen LogP contribution >= 0.6 is 0 Å². The first-order valence-corrected chi connectivity index (χ1v) is 5.88. The maximum absolute atomic E-state index is 4.44. The van der Waals surface area contributed by atoms with Gasteiger partial charge in [-0.1, -0.05) is 6.92 Å². The van der Waals surface area contributed by atoms with Crippen molar-refractivity contribution < 1.29 is 0 Å². The van der Waals surface area contributed by atoms with E-state index >= 15 is 0 Å². The summed E-state index contributed by atoms with van der Waals surface area (Å²) < 4.78 is 1.93. The largest absolute Gasteiger partial charge is 0.311 e. The van der Waals surface area contributed by atoms with Crippen LogP contribution in [-0.4, -0.2) is 21.9 Å². The van der Waals surface area contributed by atoms with Crippen molar-refractivity contribution in [2.45, 2.75) is 51.6 Å². The topological polar surface area (TPSA) is 29.9 Å². The van der Waals surface area contributed by atoms with Crippen LogP contribution in [0, 0.1) is 6.92 Å². The second-order valence-electron chi connectivity index (χ2n) is 4.77. The molecule has 0 spiro atoms. The van der Waals surface area contributed by atoms with Gasteiger partial charge in [-0.3, -0.25) is 4.68 Å². The Morgan fingerprint density at radius 3 is 2.87 bits per heavy atom. The molecule has 15 heavy (non-hydrogen) atoms. The van der Waals surface area contributed by atoms with Gasteiger partial charge in [-0.25, -0.2) is 0 Å². The van der Waals surface area contributed by atoms with E-state index in [1.54, 1.807) is 0 Å². The van der Waals surface area contributed by atoms with Crippen LogP contribution in [0.3, 0.4) is 0 Å². The Balaban J connectivity index is 2.26. The molecule has 0 amide bonds. The molecular weight excluding hydrogens is 186 g/mol. The third-order valence-electron chi connectivity index (χ3n) is 3.48. The van der Waals surface area contributed by atoms with Gasteiger partial charge in [0.15, 0.2) is 0 Å². The lowest BCUT2D eigenvalue weighted by molar-refractivity contribution is 0.516. The summed E-state index contributed by atoms with van der Waals surface area (Å²) in [6, 6.07) is 1.27. The highest BCUT2D eigenvalue weighted by atomic mass is 15.2. The van der Waals surface area contributed by atoms with Gasteiger partial charge in [-0.15, -0.1) is 0 Å². The Kier molecular flexibility index (Phi) is 2.83. The molecule has 84 valence electrons. The lowest BCUT2D eigenvalue weighted by atomic mass is 9.90. The lowest BCUT2D eigenvalue weighted by Crippen LogP contribution is -2.28. The fourth-order valence-corrected chi connectivity index (χ4v) is 2.82. The van der Waals surface area contributed by atoms with Crippen molar-refractivity contribution in [1.82, 2.24) is 15.1 Å². The Morgan fingerprint density at radius 1 is 1.60 bits per heavy atom. The summed E-state index contributed by atoms with van der Waals surface area (Å²) in [5.41, 5.74) is 2.62. The van der Waals surface area contributed by atoms with Crippen molar-refractivity contribution in [3.8, 4) is 0 Å². The summed E-state index contributed by atoms with van der Waals surface area (Å²) in [6.07, 6.45) is 4.62. The second kappa shape index (κ2) is 3.97. The highest BCUT2D eigenvalue weighted by molar-refractivity contribution is 5.24. The van der Waals surface area contributed by atoms with Crippen LogP contribution in [0.15, 0.2) is 6.20 Å². The Hall–Kier alpha value is -0.830. The Morgan fingerprint density at radius 2 is 2.33 bits per heavy atom. The van der Waals surface area contributed by atoms with Crippen LogP contribution in [0.2, 0.25) is 0 Å². The molecule has 1 N–H and O–H groups in total. The third-order valence-corrected chi connectivity index (χ3v) is 3.48. The normalized spacial score (nSPS) is 31.1. The van der Waals surface area contributed by atoms with Crippen molar-refractivity contribution in [2.24, 2.45) is 7.05 Å². The number of nitrogens with zero attached hydrogens (tertiary/aromatic N) is 2. The van der Waals surface area contributed by atoms with E-state index in [0.29, 0.717) is 18.0 Å². The molecule has 3 nitrogen and oxygen atoms in total. The maximum atomic E-state index is 4.44. The van der Waals surface area contributed by atoms with Crippen LogP contribution in [0.4, 0.5) is 0 Å². The summed E-state index contributed by atoms with van der Waals surface area (Å²) in [5.74, 6) is 0.652. The minimum absolute atomic E-state index is 0.628. The molecule has 0 bridgehead atoms. The van der Waals surface area contributed by atoms with Gasteiger partial charge in [-0.2, -0.15) is 5.10 Å². The van der Waals surface area contributed by atoms with Crippen molar-refractivity contribution in [3.63, 3.8) is 0 Å². The van der Waals surface area contributed by atoms with E-state index in [-0.39, 0.29) is 0 Å². The first kappa shape index (κ1) is 10.7. The Bertz CT molecular complexity index is 343. The molecule has 1 aliphatic rings. The van der Waals surface area contributed by atoms with Gasteiger partial charge < -0.3 is 5.32 Å². The van der Waals surface area contributed by atoms with Gasteiger partial charge in [-0.05, 0) is 32.3 Å². The summed E-state index contributed by atoms with van der Waals surface area (Å²) in [4.78, 5) is 0. The van der Waals surface area contributed by atoms with E-state index in [0.717, 1.165) is 0 Å². The molecule has 0 radical (unpaired) electrons. The summed E-state index contributed by atoms with van der Waals surface area (Å²) >= 11 is 0. The number of hydrogen-bond donors (Lipinski definition) is 1. The number of aromatic nitrogens is 2. The van der Waals surface area contributed by atoms with Crippen LogP contribution in [0.1, 0.15) is 43.9 Å². The van der Waals surface area contributed by atoms with E-state index in [4.69, 9.17) is 0 Å². The zero-order valence-corrected chi connectivity index (χ0v) is 10.1. The predicted octanol–water partition coefficient (Wildman–Crippen LogP) is 1.97. The molecule has 1 saturated heterocycles. The number of rotatable bonds is 2. The smallest absolute Gasteiger partial charge is 0.0628 e. The fraction of sp³-hybridized carbons (Fsp3) is 0.750. The minimum Gasteiger partial charge on any atom is -0.311 e. The molecule has 1 aliphatic heterocycles. The van der Waals surface area contributed by atoms with Crippen molar-refractivity contribution in [2.75, 3.05) is 0 Å². The van der Waals surface area contributed by atoms with Crippen LogP contribution < -0.4 is 5.32 Å². The van der Waals surface area contributed by atoms with Crippen LogP contribution in [0.5, 0.6) is 0 Å². The maximum Gasteiger partial charge on any atom is 0.0628 e. The second-order valence-corrected chi connectivity index (χ2v) is 4.77. The molecule has 1 aromatic rings. The van der Waals surface area contributed by atoms with Gasteiger partial charge in [0.2, 0.25) is 0 Å².